The number of benzene rings is 1. The smallest absolute Gasteiger partial charge is 0.0885 e. The third-order valence-corrected chi connectivity index (χ3v) is 1.98. The minimum absolute atomic E-state index is 0.464. The van der Waals surface area contributed by atoms with E-state index in [1.165, 1.54) is 0 Å². The van der Waals surface area contributed by atoms with Crippen LogP contribution in [0.4, 0.5) is 0 Å². The Bertz CT molecular complexity index is 379. The summed E-state index contributed by atoms with van der Waals surface area (Å²) in [4.78, 5) is 4.13. The topological polar surface area (TPSA) is 36.7 Å². The fraction of sp³-hybridized carbons (Fsp3) is 0. The molecule has 0 spiro atoms. The molecule has 0 aliphatic heterocycles. The van der Waals surface area contributed by atoms with Crippen molar-refractivity contribution in [2.45, 2.75) is 0 Å². The Balaban J connectivity index is 2.35. The van der Waals surface area contributed by atoms with Crippen LogP contribution in [0.25, 0.3) is 0 Å². The number of aromatic nitrogens is 1. The summed E-state index contributed by atoms with van der Waals surface area (Å²) >= 11 is 0. The zero-order valence-corrected chi connectivity index (χ0v) is 7.64. The van der Waals surface area contributed by atoms with E-state index < -0.39 is 0 Å². The van der Waals surface area contributed by atoms with Crippen molar-refractivity contribution < 1.29 is 0 Å². The second kappa shape index (κ2) is 3.83. The lowest BCUT2D eigenvalue weighted by atomic mass is 10.1. The quantitative estimate of drug-likeness (QED) is 0.712. The zero-order chi connectivity index (χ0) is 9.80. The second-order valence-corrected chi connectivity index (χ2v) is 2.96. The zero-order valence-electron chi connectivity index (χ0n) is 7.64. The summed E-state index contributed by atoms with van der Waals surface area (Å²) in [5, 5.41) is 7.91. The first kappa shape index (κ1) is 8.63. The Kier molecular flexibility index (Phi) is 2.36. The van der Waals surface area contributed by atoms with Gasteiger partial charge in [0.05, 0.1) is 11.4 Å². The lowest BCUT2D eigenvalue weighted by Crippen LogP contribution is -2.02. The standard InChI is InChI=1S/C12H10N2/c13-12(10-6-2-1-3-7-10)11-8-4-5-9-14-11/h1-9,13H. The molecule has 0 unspecified atom stereocenters. The highest BCUT2D eigenvalue weighted by Gasteiger charge is 2.03. The first-order valence-corrected chi connectivity index (χ1v) is 4.43. The summed E-state index contributed by atoms with van der Waals surface area (Å²) in [6.45, 7) is 0. The summed E-state index contributed by atoms with van der Waals surface area (Å²) in [6.07, 6.45) is 1.70. The van der Waals surface area contributed by atoms with Crippen LogP contribution >= 0.6 is 0 Å². The number of hydrogen-bond donors (Lipinski definition) is 1. The van der Waals surface area contributed by atoms with Crippen molar-refractivity contribution in [3.8, 4) is 0 Å². The van der Waals surface area contributed by atoms with Gasteiger partial charge < -0.3 is 0 Å². The van der Waals surface area contributed by atoms with Gasteiger partial charge in [-0.25, -0.2) is 0 Å². The van der Waals surface area contributed by atoms with Gasteiger partial charge in [-0.05, 0) is 12.1 Å². The molecule has 0 amide bonds. The largest absolute Gasteiger partial charge is 0.298 e. The van der Waals surface area contributed by atoms with E-state index in [0.717, 1.165) is 5.56 Å². The van der Waals surface area contributed by atoms with Crippen molar-refractivity contribution in [1.82, 2.24) is 4.98 Å². The average Bonchev–Trinajstić information content (AvgIpc) is 2.30. The summed E-state index contributed by atoms with van der Waals surface area (Å²) in [7, 11) is 0. The van der Waals surface area contributed by atoms with E-state index in [1.54, 1.807) is 6.20 Å². The maximum Gasteiger partial charge on any atom is 0.0885 e. The van der Waals surface area contributed by atoms with E-state index in [1.807, 2.05) is 48.5 Å². The van der Waals surface area contributed by atoms with Crippen molar-refractivity contribution in [3.05, 3.63) is 66.0 Å². The molecule has 0 bridgehead atoms. The minimum Gasteiger partial charge on any atom is -0.298 e. The molecule has 1 aromatic heterocycles. The molecular formula is C12H10N2. The summed E-state index contributed by atoms with van der Waals surface area (Å²) in [5.41, 5.74) is 2.07. The Morgan fingerprint density at radius 3 is 2.29 bits per heavy atom. The fourth-order valence-corrected chi connectivity index (χ4v) is 1.26. The van der Waals surface area contributed by atoms with Crippen LogP contribution in [-0.4, -0.2) is 10.7 Å². The molecule has 0 aliphatic rings. The van der Waals surface area contributed by atoms with Gasteiger partial charge in [-0.2, -0.15) is 0 Å². The van der Waals surface area contributed by atoms with Gasteiger partial charge in [-0.15, -0.1) is 0 Å². The van der Waals surface area contributed by atoms with E-state index in [9.17, 15) is 0 Å². The van der Waals surface area contributed by atoms with E-state index in [0.29, 0.717) is 11.4 Å². The van der Waals surface area contributed by atoms with Crippen molar-refractivity contribution >= 4 is 5.71 Å². The van der Waals surface area contributed by atoms with Gasteiger partial charge in [0, 0.05) is 11.8 Å². The molecule has 68 valence electrons. The maximum absolute atomic E-state index is 7.91. The number of nitrogens with zero attached hydrogens (tertiary/aromatic N) is 1. The molecule has 1 N–H and O–H groups in total. The average molecular weight is 182 g/mol. The van der Waals surface area contributed by atoms with E-state index in [4.69, 9.17) is 5.41 Å². The summed E-state index contributed by atoms with van der Waals surface area (Å²) in [6, 6.07) is 15.2. The SMILES string of the molecule is N=C(c1ccccc1)c1ccccn1. The van der Waals surface area contributed by atoms with Crippen molar-refractivity contribution in [2.75, 3.05) is 0 Å². The van der Waals surface area contributed by atoms with Crippen molar-refractivity contribution in [3.63, 3.8) is 0 Å². The van der Waals surface area contributed by atoms with Crippen LogP contribution < -0.4 is 0 Å². The molecule has 0 radical (unpaired) electrons. The highest BCUT2D eigenvalue weighted by molar-refractivity contribution is 6.09. The molecule has 1 aromatic carbocycles. The van der Waals surface area contributed by atoms with Gasteiger partial charge in [0.2, 0.25) is 0 Å². The molecule has 2 nitrogen and oxygen atoms in total. The number of hydrogen-bond acceptors (Lipinski definition) is 2. The molecule has 0 fully saturated rings. The van der Waals surface area contributed by atoms with Gasteiger partial charge in [-0.3, -0.25) is 10.4 Å². The van der Waals surface area contributed by atoms with Gasteiger partial charge in [0.15, 0.2) is 0 Å². The number of nitrogens with one attached hydrogen (secondary N) is 1. The van der Waals surface area contributed by atoms with Crippen LogP contribution in [0, 0.1) is 5.41 Å². The minimum atomic E-state index is 0.464. The van der Waals surface area contributed by atoms with Crippen LogP contribution in [0.5, 0.6) is 0 Å². The van der Waals surface area contributed by atoms with Crippen LogP contribution in [0.3, 0.4) is 0 Å². The van der Waals surface area contributed by atoms with Crippen molar-refractivity contribution in [2.24, 2.45) is 0 Å². The van der Waals surface area contributed by atoms with Crippen LogP contribution in [0.1, 0.15) is 11.3 Å². The molecule has 14 heavy (non-hydrogen) atoms. The van der Waals surface area contributed by atoms with E-state index >= 15 is 0 Å². The van der Waals surface area contributed by atoms with Gasteiger partial charge in [-0.1, -0.05) is 36.4 Å². The highest BCUT2D eigenvalue weighted by Crippen LogP contribution is 2.05. The van der Waals surface area contributed by atoms with Gasteiger partial charge in [0.25, 0.3) is 0 Å². The summed E-state index contributed by atoms with van der Waals surface area (Å²) < 4.78 is 0. The fourth-order valence-electron chi connectivity index (χ4n) is 1.26. The number of pyridine rings is 1. The first-order valence-electron chi connectivity index (χ1n) is 4.43. The molecule has 2 rings (SSSR count). The maximum atomic E-state index is 7.91. The van der Waals surface area contributed by atoms with Gasteiger partial charge >= 0.3 is 0 Å². The second-order valence-electron chi connectivity index (χ2n) is 2.96. The highest BCUT2D eigenvalue weighted by atomic mass is 14.7. The van der Waals surface area contributed by atoms with Crippen LogP contribution in [0.2, 0.25) is 0 Å². The Labute approximate surface area is 82.8 Å². The normalized spacial score (nSPS) is 9.71. The molecule has 0 aliphatic carbocycles. The first-order chi connectivity index (χ1) is 6.88. The lowest BCUT2D eigenvalue weighted by Gasteiger charge is -2.01. The number of rotatable bonds is 2. The molecule has 2 heteroatoms. The monoisotopic (exact) mass is 182 g/mol. The Morgan fingerprint density at radius 1 is 0.929 bits per heavy atom. The Hall–Kier alpha value is -1.96. The lowest BCUT2D eigenvalue weighted by molar-refractivity contribution is 1.27. The molecular weight excluding hydrogens is 172 g/mol. The molecule has 0 saturated heterocycles. The van der Waals surface area contributed by atoms with E-state index in [2.05, 4.69) is 4.98 Å². The third-order valence-electron chi connectivity index (χ3n) is 1.98. The molecule has 2 aromatic rings. The van der Waals surface area contributed by atoms with Crippen LogP contribution in [-0.2, 0) is 0 Å². The summed E-state index contributed by atoms with van der Waals surface area (Å²) in [5.74, 6) is 0. The Morgan fingerprint density at radius 2 is 1.64 bits per heavy atom. The predicted octanol–water partition coefficient (Wildman–Crippen LogP) is 2.50. The van der Waals surface area contributed by atoms with Crippen LogP contribution in [0.15, 0.2) is 54.7 Å². The third kappa shape index (κ3) is 1.69. The van der Waals surface area contributed by atoms with Crippen molar-refractivity contribution in [1.29, 1.82) is 5.41 Å². The molecule has 0 saturated carbocycles. The van der Waals surface area contributed by atoms with Gasteiger partial charge in [0.1, 0.15) is 0 Å². The molecule has 0 atom stereocenters. The predicted molar refractivity (Wildman–Crippen MR) is 56.6 cm³/mol. The van der Waals surface area contributed by atoms with E-state index in [-0.39, 0.29) is 0 Å². The molecule has 1 heterocycles.